The van der Waals surface area contributed by atoms with Crippen LogP contribution >= 0.6 is 48.9 Å². The highest BCUT2D eigenvalue weighted by atomic mass is 32.1. The van der Waals surface area contributed by atoms with Crippen LogP contribution in [-0.4, -0.2) is 9.13 Å². The summed E-state index contributed by atoms with van der Waals surface area (Å²) in [6.07, 6.45) is 42.7. The Kier molecular flexibility index (Phi) is 20.2. The van der Waals surface area contributed by atoms with E-state index in [0.717, 1.165) is 31.7 Å². The van der Waals surface area contributed by atoms with Crippen LogP contribution in [0.4, 0.5) is 0 Å². The summed E-state index contributed by atoms with van der Waals surface area (Å²) in [5.41, 5.74) is 0. The van der Waals surface area contributed by atoms with Crippen molar-refractivity contribution in [1.29, 1.82) is 0 Å². The summed E-state index contributed by atoms with van der Waals surface area (Å²) < 4.78 is 8.48. The highest BCUT2D eigenvalue weighted by Crippen LogP contribution is 2.53. The summed E-state index contributed by atoms with van der Waals surface area (Å²) in [4.78, 5) is 0. The van der Waals surface area contributed by atoms with Gasteiger partial charge in [-0.15, -0.1) is 0 Å². The molecule has 9 aromatic rings. The minimum atomic E-state index is 0.578. The third-order valence-electron chi connectivity index (χ3n) is 18.0. The third kappa shape index (κ3) is 11.9. The highest BCUT2D eigenvalue weighted by Gasteiger charge is 2.27. The molecule has 396 valence electrons. The second kappa shape index (κ2) is 26.9. The minimum absolute atomic E-state index is 0.578. The number of benzene rings is 7. The van der Waals surface area contributed by atoms with E-state index in [4.69, 9.17) is 48.9 Å². The Morgan fingerprint density at radius 1 is 0.284 bits per heavy atom. The number of pyridine rings is 2. The fourth-order valence-corrected chi connectivity index (χ4v) is 15.2. The molecule has 9 rings (SSSR count). The van der Waals surface area contributed by atoms with Crippen molar-refractivity contribution in [2.45, 2.75) is 246 Å². The minimum Gasteiger partial charge on any atom is -0.322 e. The van der Waals surface area contributed by atoms with Gasteiger partial charge in [0.2, 0.25) is 0 Å². The maximum Gasteiger partial charge on any atom is 0.114 e. The van der Waals surface area contributed by atoms with Gasteiger partial charge in [0.15, 0.2) is 0 Å². The molecule has 0 fully saturated rings. The lowest BCUT2D eigenvalue weighted by molar-refractivity contribution is 0.354. The predicted molar refractivity (Wildman–Crippen MR) is 339 cm³/mol. The first-order valence-corrected chi connectivity index (χ1v) is 32.4. The molecule has 0 amide bonds. The Bertz CT molecular complexity index is 3020. The summed E-state index contributed by atoms with van der Waals surface area (Å²) in [7, 11) is 0. The molecule has 74 heavy (non-hydrogen) atoms. The molecule has 0 bridgehead atoms. The van der Waals surface area contributed by atoms with Crippen LogP contribution in [0.3, 0.4) is 0 Å². The molecule has 0 aliphatic heterocycles. The van der Waals surface area contributed by atoms with Gasteiger partial charge in [-0.25, -0.2) is 0 Å². The van der Waals surface area contributed by atoms with Gasteiger partial charge in [-0.3, -0.25) is 0 Å². The number of rotatable bonds is 36. The predicted octanol–water partition coefficient (Wildman–Crippen LogP) is 24.4. The maximum atomic E-state index is 6.67. The van der Waals surface area contributed by atoms with Crippen LogP contribution in [0, 0.1) is 30.4 Å². The molecular formula is C68H90N2S4. The smallest absolute Gasteiger partial charge is 0.114 e. The zero-order valence-corrected chi connectivity index (χ0v) is 49.6. The van der Waals surface area contributed by atoms with E-state index in [1.165, 1.54) is 292 Å². The van der Waals surface area contributed by atoms with Crippen molar-refractivity contribution in [3.05, 3.63) is 67.1 Å². The lowest BCUT2D eigenvalue weighted by Gasteiger charge is -2.26. The molecule has 6 heteroatoms. The standard InChI is InChI=1S/C68H90N2S4/c1-5-9-13-17-21-23-27-31-35-47(33-29-25-19-15-11-7-3)45-69-65(71)53-41-49-37-39-51-43-55-62-56(44-52-40-38-50-42-54(66(69)72)61(53)63-57(49)59(51)64(62)60(52)58(50)63)68(74)70(67(55)73)46-48(34-30-26-20-16-12-8-4)36-32-28-24-22-18-14-10-6-2/h37-44,47-48H,5-36,45-46H2,1-4H3. The van der Waals surface area contributed by atoms with Crippen molar-refractivity contribution in [3.8, 4) is 0 Å². The molecule has 7 aromatic carbocycles. The van der Waals surface area contributed by atoms with E-state index in [0.29, 0.717) is 11.8 Å². The molecule has 2 nitrogen and oxygen atoms in total. The number of unbranched alkanes of at least 4 members (excludes halogenated alkanes) is 24. The fourth-order valence-electron chi connectivity index (χ4n) is 13.8. The van der Waals surface area contributed by atoms with Gasteiger partial charge in [0.05, 0.1) is 0 Å². The van der Waals surface area contributed by atoms with Crippen LogP contribution in [0.5, 0.6) is 0 Å². The number of hydrogen-bond acceptors (Lipinski definition) is 4. The quantitative estimate of drug-likeness (QED) is 0.0168. The zero-order valence-electron chi connectivity index (χ0n) is 46.3. The normalized spacial score (nSPS) is 13.5. The fraction of sp³-hybridized carbons (Fsp3) is 0.588. The van der Waals surface area contributed by atoms with Crippen molar-refractivity contribution >= 4 is 135 Å². The molecule has 2 atom stereocenters. The SMILES string of the molecule is CCCCCCCCCCC(CCCCCCCC)Cn1c(=S)c2cc3ccc4cc5c(=S)n(CC(CCCCCCCC)CCCCCCCCCC)c(=S)c6cc7ccc8cc(c1=S)c2c1c3c4c(c56)c7c81. The number of hydrogen-bond donors (Lipinski definition) is 0. The Morgan fingerprint density at radius 3 is 0.730 bits per heavy atom. The lowest BCUT2D eigenvalue weighted by Crippen LogP contribution is -2.14. The first kappa shape index (κ1) is 55.6. The number of nitrogens with zero attached hydrogens (tertiary/aromatic N) is 2. The monoisotopic (exact) mass is 1060 g/mol. The van der Waals surface area contributed by atoms with Gasteiger partial charge in [-0.2, -0.15) is 0 Å². The lowest BCUT2D eigenvalue weighted by atomic mass is 9.80. The van der Waals surface area contributed by atoms with Crippen LogP contribution in [0.2, 0.25) is 0 Å². The number of aromatic nitrogens is 2. The van der Waals surface area contributed by atoms with Crippen molar-refractivity contribution < 1.29 is 0 Å². The molecule has 0 aliphatic rings. The van der Waals surface area contributed by atoms with Gasteiger partial charge in [0, 0.05) is 56.2 Å². The second-order valence-electron chi connectivity index (χ2n) is 23.5. The van der Waals surface area contributed by atoms with Crippen molar-refractivity contribution in [2.75, 3.05) is 0 Å². The Morgan fingerprint density at radius 2 is 0.500 bits per heavy atom. The molecule has 0 spiro atoms. The highest BCUT2D eigenvalue weighted by molar-refractivity contribution is 7.72. The molecule has 0 saturated heterocycles. The summed E-state index contributed by atoms with van der Waals surface area (Å²) in [5, 5.41) is 20.4. The molecule has 2 heterocycles. The molecule has 0 saturated carbocycles. The molecule has 2 unspecified atom stereocenters. The Hall–Kier alpha value is -3.16. The largest absolute Gasteiger partial charge is 0.322 e. The van der Waals surface area contributed by atoms with E-state index in [-0.39, 0.29) is 0 Å². The van der Waals surface area contributed by atoms with Crippen LogP contribution in [0.15, 0.2) is 48.5 Å². The van der Waals surface area contributed by atoms with Crippen LogP contribution in [0.25, 0.3) is 86.2 Å². The maximum absolute atomic E-state index is 6.67. The first-order valence-electron chi connectivity index (χ1n) is 30.8. The van der Waals surface area contributed by atoms with Gasteiger partial charge in [0.1, 0.15) is 18.6 Å². The van der Waals surface area contributed by atoms with Gasteiger partial charge in [-0.1, -0.05) is 281 Å². The van der Waals surface area contributed by atoms with E-state index < -0.39 is 0 Å². The van der Waals surface area contributed by atoms with Gasteiger partial charge < -0.3 is 9.13 Å². The van der Waals surface area contributed by atoms with E-state index in [9.17, 15) is 0 Å². The van der Waals surface area contributed by atoms with Crippen molar-refractivity contribution in [1.82, 2.24) is 9.13 Å². The Balaban J connectivity index is 1.09. The van der Waals surface area contributed by atoms with E-state index in [1.807, 2.05) is 0 Å². The van der Waals surface area contributed by atoms with Gasteiger partial charge >= 0.3 is 0 Å². The summed E-state index contributed by atoms with van der Waals surface area (Å²) >= 11 is 26.7. The molecule has 2 aromatic heterocycles. The summed E-state index contributed by atoms with van der Waals surface area (Å²) in [5.74, 6) is 1.16. The molecular weight excluding hydrogens is 973 g/mol. The van der Waals surface area contributed by atoms with Crippen molar-refractivity contribution in [2.24, 2.45) is 11.8 Å². The average Bonchev–Trinajstić information content (AvgIpc) is 3.41. The summed E-state index contributed by atoms with van der Waals surface area (Å²) in [6, 6.07) is 19.2. The molecule has 0 radical (unpaired) electrons. The van der Waals surface area contributed by atoms with Crippen LogP contribution in [-0.2, 0) is 13.1 Å². The molecule has 0 N–H and O–H groups in total. The molecule has 0 aliphatic carbocycles. The van der Waals surface area contributed by atoms with Crippen LogP contribution in [0.1, 0.15) is 233 Å². The summed E-state index contributed by atoms with van der Waals surface area (Å²) in [6.45, 7) is 11.1. The third-order valence-corrected chi connectivity index (χ3v) is 19.7. The van der Waals surface area contributed by atoms with E-state index >= 15 is 0 Å². The average molecular weight is 1060 g/mol. The topological polar surface area (TPSA) is 9.86 Å². The van der Waals surface area contributed by atoms with Crippen LogP contribution < -0.4 is 0 Å². The Labute approximate surface area is 466 Å². The van der Waals surface area contributed by atoms with Gasteiger partial charge in [0.25, 0.3) is 0 Å². The van der Waals surface area contributed by atoms with Gasteiger partial charge in [-0.05, 0) is 105 Å². The van der Waals surface area contributed by atoms with E-state index in [1.54, 1.807) is 0 Å². The first-order chi connectivity index (χ1) is 36.3. The van der Waals surface area contributed by atoms with Crippen molar-refractivity contribution in [3.63, 3.8) is 0 Å². The van der Waals surface area contributed by atoms with E-state index in [2.05, 4.69) is 85.4 Å². The second-order valence-corrected chi connectivity index (χ2v) is 25.1. The zero-order chi connectivity index (χ0) is 51.6.